The largest absolute Gasteiger partial charge is 0.491 e. The highest BCUT2D eigenvalue weighted by Gasteiger charge is 2.01. The van der Waals surface area contributed by atoms with Gasteiger partial charge in [0.2, 0.25) is 0 Å². The molecule has 0 saturated heterocycles. The second kappa shape index (κ2) is 11.0. The van der Waals surface area contributed by atoms with Crippen molar-refractivity contribution in [3.8, 4) is 5.75 Å². The van der Waals surface area contributed by atoms with Gasteiger partial charge in [-0.15, -0.1) is 0 Å². The first-order valence-electron chi connectivity index (χ1n) is 7.44. The molecule has 1 aromatic carbocycles. The van der Waals surface area contributed by atoms with Crippen molar-refractivity contribution in [1.29, 1.82) is 0 Å². The maximum Gasteiger partial charge on any atom is 0.305 e. The first-order chi connectivity index (χ1) is 10.2. The van der Waals surface area contributed by atoms with Crippen LogP contribution in [0, 0.1) is 0 Å². The Bertz CT molecular complexity index is 392. The molecule has 0 saturated carbocycles. The van der Waals surface area contributed by atoms with E-state index in [1.54, 1.807) is 12.1 Å². The van der Waals surface area contributed by atoms with E-state index in [1.807, 2.05) is 12.1 Å². The highest BCUT2D eigenvalue weighted by molar-refractivity contribution is 5.69. The Kier molecular flexibility index (Phi) is 9.04. The summed E-state index contributed by atoms with van der Waals surface area (Å²) in [6, 6.07) is 7.20. The van der Waals surface area contributed by atoms with Crippen LogP contribution in [-0.4, -0.2) is 32.4 Å². The van der Waals surface area contributed by atoms with Gasteiger partial charge in [-0.05, 0) is 30.7 Å². The fourth-order valence-corrected chi connectivity index (χ4v) is 1.69. The van der Waals surface area contributed by atoms with Crippen LogP contribution in [-0.2, 0) is 14.3 Å². The standard InChI is InChI=1S/C16H25NO4/c1-2-3-4-5-16(18)21-13-11-19-10-12-20-15-8-6-14(17)7-9-15/h6-9H,2-5,10-13,17H2,1H3. The number of benzene rings is 1. The molecule has 0 fully saturated rings. The maximum absolute atomic E-state index is 11.3. The van der Waals surface area contributed by atoms with Gasteiger partial charge in [-0.25, -0.2) is 0 Å². The summed E-state index contributed by atoms with van der Waals surface area (Å²) in [5.74, 6) is 0.611. The lowest BCUT2D eigenvalue weighted by atomic mass is 10.2. The summed E-state index contributed by atoms with van der Waals surface area (Å²) in [5.41, 5.74) is 6.29. The Morgan fingerprint density at radius 2 is 1.76 bits per heavy atom. The van der Waals surface area contributed by atoms with E-state index in [4.69, 9.17) is 19.9 Å². The van der Waals surface area contributed by atoms with Crippen molar-refractivity contribution in [2.24, 2.45) is 0 Å². The van der Waals surface area contributed by atoms with Crippen molar-refractivity contribution in [2.75, 3.05) is 32.2 Å². The number of nitrogens with two attached hydrogens (primary N) is 1. The van der Waals surface area contributed by atoms with Crippen molar-refractivity contribution >= 4 is 11.7 Å². The SMILES string of the molecule is CCCCCC(=O)OCCOCCOc1ccc(N)cc1. The molecule has 0 aliphatic heterocycles. The fourth-order valence-electron chi connectivity index (χ4n) is 1.69. The predicted octanol–water partition coefficient (Wildman–Crippen LogP) is 2.79. The molecular weight excluding hydrogens is 270 g/mol. The minimum Gasteiger partial charge on any atom is -0.491 e. The van der Waals surface area contributed by atoms with Gasteiger partial charge in [0.1, 0.15) is 19.0 Å². The molecule has 0 atom stereocenters. The summed E-state index contributed by atoms with van der Waals surface area (Å²) in [5, 5.41) is 0. The van der Waals surface area contributed by atoms with Crippen molar-refractivity contribution in [2.45, 2.75) is 32.6 Å². The van der Waals surface area contributed by atoms with Crippen LogP contribution in [0.4, 0.5) is 5.69 Å². The number of carbonyl (C=O) groups is 1. The number of carbonyl (C=O) groups excluding carboxylic acids is 1. The van der Waals surface area contributed by atoms with Crippen molar-refractivity contribution in [1.82, 2.24) is 0 Å². The molecular formula is C16H25NO4. The minimum absolute atomic E-state index is 0.148. The number of ether oxygens (including phenoxy) is 3. The summed E-state index contributed by atoms with van der Waals surface area (Å²) in [7, 11) is 0. The van der Waals surface area contributed by atoms with E-state index >= 15 is 0 Å². The van der Waals surface area contributed by atoms with E-state index in [2.05, 4.69) is 6.92 Å². The Labute approximate surface area is 126 Å². The van der Waals surface area contributed by atoms with Crippen LogP contribution in [0.2, 0.25) is 0 Å². The Hall–Kier alpha value is -1.75. The number of nitrogen functional groups attached to an aromatic ring is 1. The number of unbranched alkanes of at least 4 members (excludes halogenated alkanes) is 2. The van der Waals surface area contributed by atoms with Gasteiger partial charge < -0.3 is 19.9 Å². The van der Waals surface area contributed by atoms with Crippen LogP contribution < -0.4 is 10.5 Å². The molecule has 0 aliphatic carbocycles. The van der Waals surface area contributed by atoms with Gasteiger partial charge in [-0.2, -0.15) is 0 Å². The minimum atomic E-state index is -0.148. The van der Waals surface area contributed by atoms with Gasteiger partial charge in [-0.1, -0.05) is 19.8 Å². The van der Waals surface area contributed by atoms with Crippen molar-refractivity contribution in [3.63, 3.8) is 0 Å². The molecule has 5 heteroatoms. The lowest BCUT2D eigenvalue weighted by Crippen LogP contribution is -2.13. The van der Waals surface area contributed by atoms with Gasteiger partial charge in [-0.3, -0.25) is 4.79 Å². The molecule has 1 aromatic rings. The fraction of sp³-hybridized carbons (Fsp3) is 0.562. The summed E-state index contributed by atoms with van der Waals surface area (Å²) in [6.45, 7) is 3.70. The van der Waals surface area contributed by atoms with Gasteiger partial charge in [0.15, 0.2) is 0 Å². The molecule has 1 rings (SSSR count). The number of anilines is 1. The van der Waals surface area contributed by atoms with E-state index in [9.17, 15) is 4.79 Å². The van der Waals surface area contributed by atoms with Crippen LogP contribution in [0.15, 0.2) is 24.3 Å². The second-order valence-electron chi connectivity index (χ2n) is 4.71. The molecule has 0 bridgehead atoms. The summed E-state index contributed by atoms with van der Waals surface area (Å²) < 4.78 is 15.8. The average Bonchev–Trinajstić information content (AvgIpc) is 2.48. The highest BCUT2D eigenvalue weighted by Crippen LogP contribution is 2.12. The molecule has 0 unspecified atom stereocenters. The topological polar surface area (TPSA) is 70.8 Å². The molecule has 0 aliphatic rings. The maximum atomic E-state index is 11.3. The smallest absolute Gasteiger partial charge is 0.305 e. The van der Waals surface area contributed by atoms with E-state index < -0.39 is 0 Å². The lowest BCUT2D eigenvalue weighted by Gasteiger charge is -2.08. The molecule has 118 valence electrons. The molecule has 0 heterocycles. The number of hydrogen-bond acceptors (Lipinski definition) is 5. The highest BCUT2D eigenvalue weighted by atomic mass is 16.6. The number of esters is 1. The van der Waals surface area contributed by atoms with E-state index in [0.717, 1.165) is 25.0 Å². The van der Waals surface area contributed by atoms with E-state index in [0.29, 0.717) is 38.5 Å². The van der Waals surface area contributed by atoms with Gasteiger partial charge >= 0.3 is 5.97 Å². The summed E-state index contributed by atoms with van der Waals surface area (Å²) >= 11 is 0. The van der Waals surface area contributed by atoms with Crippen LogP contribution in [0.1, 0.15) is 32.6 Å². The van der Waals surface area contributed by atoms with Gasteiger partial charge in [0.25, 0.3) is 0 Å². The molecule has 0 radical (unpaired) electrons. The monoisotopic (exact) mass is 295 g/mol. The van der Waals surface area contributed by atoms with Crippen molar-refractivity contribution < 1.29 is 19.0 Å². The molecule has 0 spiro atoms. The molecule has 2 N–H and O–H groups in total. The van der Waals surface area contributed by atoms with Crippen LogP contribution in [0.25, 0.3) is 0 Å². The first-order valence-corrected chi connectivity index (χ1v) is 7.44. The van der Waals surface area contributed by atoms with Gasteiger partial charge in [0, 0.05) is 12.1 Å². The quantitative estimate of drug-likeness (QED) is 0.386. The van der Waals surface area contributed by atoms with Crippen LogP contribution >= 0.6 is 0 Å². The zero-order valence-electron chi connectivity index (χ0n) is 12.7. The van der Waals surface area contributed by atoms with Crippen LogP contribution in [0.3, 0.4) is 0 Å². The third-order valence-corrected chi connectivity index (χ3v) is 2.85. The zero-order valence-corrected chi connectivity index (χ0v) is 12.7. The van der Waals surface area contributed by atoms with Crippen LogP contribution in [0.5, 0.6) is 5.75 Å². The normalized spacial score (nSPS) is 10.3. The molecule has 5 nitrogen and oxygen atoms in total. The van der Waals surface area contributed by atoms with Gasteiger partial charge in [0.05, 0.1) is 13.2 Å². The summed E-state index contributed by atoms with van der Waals surface area (Å²) in [4.78, 5) is 11.3. The van der Waals surface area contributed by atoms with E-state index in [1.165, 1.54) is 0 Å². The van der Waals surface area contributed by atoms with E-state index in [-0.39, 0.29) is 5.97 Å². The zero-order chi connectivity index (χ0) is 15.3. The predicted molar refractivity (Wildman–Crippen MR) is 82.3 cm³/mol. The molecule has 21 heavy (non-hydrogen) atoms. The Balaban J connectivity index is 1.92. The third kappa shape index (κ3) is 8.92. The second-order valence-corrected chi connectivity index (χ2v) is 4.71. The lowest BCUT2D eigenvalue weighted by molar-refractivity contribution is -0.145. The number of rotatable bonds is 11. The average molecular weight is 295 g/mol. The Morgan fingerprint density at radius 1 is 1.05 bits per heavy atom. The molecule has 0 amide bonds. The first kappa shape index (κ1) is 17.3. The van der Waals surface area contributed by atoms with Crippen molar-refractivity contribution in [3.05, 3.63) is 24.3 Å². The number of hydrogen-bond donors (Lipinski definition) is 1. The molecule has 0 aromatic heterocycles. The Morgan fingerprint density at radius 3 is 2.48 bits per heavy atom. The summed E-state index contributed by atoms with van der Waals surface area (Å²) in [6.07, 6.45) is 3.55. The third-order valence-electron chi connectivity index (χ3n) is 2.85.